The number of hydrogen-bond donors (Lipinski definition) is 1. The second-order valence-corrected chi connectivity index (χ2v) is 4.20. The molecule has 1 N–H and O–H groups in total. The average molecular weight is 252 g/mol. The highest BCUT2D eigenvalue weighted by molar-refractivity contribution is 5.93. The van der Waals surface area contributed by atoms with Gasteiger partial charge in [0.1, 0.15) is 0 Å². The van der Waals surface area contributed by atoms with Gasteiger partial charge >= 0.3 is 5.97 Å². The highest BCUT2D eigenvalue weighted by Gasteiger charge is 2.24. The molecule has 6 heteroatoms. The smallest absolute Gasteiger partial charge is 0.371 e. The van der Waals surface area contributed by atoms with Crippen LogP contribution >= 0.6 is 0 Å². The van der Waals surface area contributed by atoms with Gasteiger partial charge in [-0.15, -0.1) is 0 Å². The minimum Gasteiger partial charge on any atom is -0.475 e. The largest absolute Gasteiger partial charge is 0.475 e. The molecule has 98 valence electrons. The van der Waals surface area contributed by atoms with Crippen LogP contribution in [-0.4, -0.2) is 59.5 Å². The zero-order valence-corrected chi connectivity index (χ0v) is 10.3. The number of nitrogens with zero attached hydrogens (tertiary/aromatic N) is 2. The number of likely N-dealkylation sites (N-methyl/N-ethyl adjacent to an activating group) is 1. The molecule has 0 radical (unpaired) electrons. The van der Waals surface area contributed by atoms with Gasteiger partial charge in [-0.3, -0.25) is 4.79 Å². The Balaban J connectivity index is 2.01. The average Bonchev–Trinajstić information content (AvgIpc) is 2.88. The van der Waals surface area contributed by atoms with E-state index in [1.807, 2.05) is 0 Å². The van der Waals surface area contributed by atoms with Gasteiger partial charge in [0.05, 0.1) is 0 Å². The Morgan fingerprint density at radius 3 is 2.33 bits per heavy atom. The molecule has 0 unspecified atom stereocenters. The summed E-state index contributed by atoms with van der Waals surface area (Å²) in [4.78, 5) is 26.7. The molecule has 0 aliphatic carbocycles. The van der Waals surface area contributed by atoms with E-state index in [0.717, 1.165) is 19.6 Å². The molecule has 0 aromatic carbocycles. The van der Waals surface area contributed by atoms with Crippen molar-refractivity contribution in [1.29, 1.82) is 0 Å². The van der Waals surface area contributed by atoms with Crippen LogP contribution in [0.1, 0.15) is 28.0 Å². The van der Waals surface area contributed by atoms with E-state index < -0.39 is 5.97 Å². The summed E-state index contributed by atoms with van der Waals surface area (Å²) in [7, 11) is 0. The minimum absolute atomic E-state index is 0.0948. The maximum Gasteiger partial charge on any atom is 0.371 e. The minimum atomic E-state index is -1.16. The van der Waals surface area contributed by atoms with E-state index in [0.29, 0.717) is 13.1 Å². The summed E-state index contributed by atoms with van der Waals surface area (Å²) in [5.74, 6) is -1.51. The fourth-order valence-electron chi connectivity index (χ4n) is 1.99. The third kappa shape index (κ3) is 2.53. The lowest BCUT2D eigenvalue weighted by Gasteiger charge is -2.33. The van der Waals surface area contributed by atoms with Gasteiger partial charge in [-0.2, -0.15) is 0 Å². The molecule has 2 heterocycles. The van der Waals surface area contributed by atoms with Crippen LogP contribution in [-0.2, 0) is 0 Å². The molecule has 1 saturated heterocycles. The summed E-state index contributed by atoms with van der Waals surface area (Å²) in [6.07, 6.45) is 0. The number of amides is 1. The van der Waals surface area contributed by atoms with E-state index in [2.05, 4.69) is 11.8 Å². The molecule has 1 amide bonds. The molecular weight excluding hydrogens is 236 g/mol. The van der Waals surface area contributed by atoms with Crippen LogP contribution in [0.15, 0.2) is 16.5 Å². The molecule has 0 spiro atoms. The number of furan rings is 1. The highest BCUT2D eigenvalue weighted by Crippen LogP contribution is 2.12. The van der Waals surface area contributed by atoms with Crippen molar-refractivity contribution in [3.05, 3.63) is 23.7 Å². The molecular formula is C12H16N2O4. The van der Waals surface area contributed by atoms with Crippen LogP contribution in [0.5, 0.6) is 0 Å². The van der Waals surface area contributed by atoms with E-state index in [1.54, 1.807) is 4.90 Å². The van der Waals surface area contributed by atoms with E-state index in [-0.39, 0.29) is 17.4 Å². The number of hydrogen-bond acceptors (Lipinski definition) is 4. The SMILES string of the molecule is CCN1CCN(C(=O)c2ccc(C(=O)O)o2)CC1. The Kier molecular flexibility index (Phi) is 3.66. The summed E-state index contributed by atoms with van der Waals surface area (Å²) in [5.41, 5.74) is 0. The van der Waals surface area contributed by atoms with Crippen LogP contribution in [0.4, 0.5) is 0 Å². The number of carbonyl (C=O) groups is 2. The molecule has 1 fully saturated rings. The Bertz CT molecular complexity index is 447. The number of carboxylic acid groups (broad SMARTS) is 1. The van der Waals surface area contributed by atoms with Crippen molar-refractivity contribution >= 4 is 11.9 Å². The topological polar surface area (TPSA) is 74.0 Å². The normalized spacial score (nSPS) is 16.8. The summed E-state index contributed by atoms with van der Waals surface area (Å²) in [5, 5.41) is 8.73. The van der Waals surface area contributed by atoms with Gasteiger partial charge in [0.2, 0.25) is 5.76 Å². The summed E-state index contributed by atoms with van der Waals surface area (Å²) in [6, 6.07) is 2.72. The van der Waals surface area contributed by atoms with E-state index in [9.17, 15) is 9.59 Å². The van der Waals surface area contributed by atoms with E-state index in [4.69, 9.17) is 9.52 Å². The Morgan fingerprint density at radius 2 is 1.83 bits per heavy atom. The van der Waals surface area contributed by atoms with Crippen molar-refractivity contribution in [2.45, 2.75) is 6.92 Å². The van der Waals surface area contributed by atoms with Crippen LogP contribution < -0.4 is 0 Å². The van der Waals surface area contributed by atoms with Crippen molar-refractivity contribution in [2.24, 2.45) is 0 Å². The zero-order valence-electron chi connectivity index (χ0n) is 10.3. The third-order valence-electron chi connectivity index (χ3n) is 3.13. The third-order valence-corrected chi connectivity index (χ3v) is 3.13. The molecule has 1 aliphatic rings. The van der Waals surface area contributed by atoms with Crippen molar-refractivity contribution in [3.8, 4) is 0 Å². The van der Waals surface area contributed by atoms with Gasteiger partial charge in [-0.1, -0.05) is 6.92 Å². The molecule has 1 aliphatic heterocycles. The first-order chi connectivity index (χ1) is 8.61. The molecule has 18 heavy (non-hydrogen) atoms. The fraction of sp³-hybridized carbons (Fsp3) is 0.500. The summed E-state index contributed by atoms with van der Waals surface area (Å²) >= 11 is 0. The van der Waals surface area contributed by atoms with Crippen molar-refractivity contribution in [2.75, 3.05) is 32.7 Å². The molecule has 0 atom stereocenters. The lowest BCUT2D eigenvalue weighted by molar-refractivity contribution is 0.0597. The predicted octanol–water partition coefficient (Wildman–Crippen LogP) is 0.756. The van der Waals surface area contributed by atoms with Crippen molar-refractivity contribution < 1.29 is 19.1 Å². The van der Waals surface area contributed by atoms with Crippen LogP contribution in [0.25, 0.3) is 0 Å². The van der Waals surface area contributed by atoms with Gasteiger partial charge in [0, 0.05) is 26.2 Å². The first-order valence-electron chi connectivity index (χ1n) is 5.96. The molecule has 0 saturated carbocycles. The lowest BCUT2D eigenvalue weighted by Crippen LogP contribution is -2.48. The number of aromatic carboxylic acids is 1. The van der Waals surface area contributed by atoms with E-state index in [1.165, 1.54) is 12.1 Å². The quantitative estimate of drug-likeness (QED) is 0.859. The summed E-state index contributed by atoms with van der Waals surface area (Å²) in [6.45, 7) is 6.05. The number of carbonyl (C=O) groups excluding carboxylic acids is 1. The van der Waals surface area contributed by atoms with Gasteiger partial charge in [-0.05, 0) is 18.7 Å². The molecule has 1 aromatic heterocycles. The monoisotopic (exact) mass is 252 g/mol. The standard InChI is InChI=1S/C12H16N2O4/c1-2-13-5-7-14(8-6-13)11(15)9-3-4-10(18-9)12(16)17/h3-4H,2,5-8H2,1H3,(H,16,17). The lowest BCUT2D eigenvalue weighted by atomic mass is 10.3. The summed E-state index contributed by atoms with van der Waals surface area (Å²) < 4.78 is 5.01. The van der Waals surface area contributed by atoms with Crippen molar-refractivity contribution in [1.82, 2.24) is 9.80 Å². The Hall–Kier alpha value is -1.82. The second kappa shape index (κ2) is 5.22. The van der Waals surface area contributed by atoms with E-state index >= 15 is 0 Å². The van der Waals surface area contributed by atoms with Gasteiger partial charge < -0.3 is 19.3 Å². The van der Waals surface area contributed by atoms with Gasteiger partial charge in [0.25, 0.3) is 5.91 Å². The first kappa shape index (κ1) is 12.6. The Morgan fingerprint density at radius 1 is 1.22 bits per heavy atom. The molecule has 2 rings (SSSR count). The highest BCUT2D eigenvalue weighted by atomic mass is 16.4. The molecule has 0 bridgehead atoms. The molecule has 6 nitrogen and oxygen atoms in total. The van der Waals surface area contributed by atoms with Crippen LogP contribution in [0, 0.1) is 0 Å². The maximum absolute atomic E-state index is 12.1. The number of carboxylic acids is 1. The zero-order chi connectivity index (χ0) is 13.1. The second-order valence-electron chi connectivity index (χ2n) is 4.20. The van der Waals surface area contributed by atoms with Gasteiger partial charge in [0.15, 0.2) is 5.76 Å². The first-order valence-corrected chi connectivity index (χ1v) is 5.96. The molecule has 1 aromatic rings. The van der Waals surface area contributed by atoms with Gasteiger partial charge in [-0.25, -0.2) is 4.79 Å². The fourth-order valence-corrected chi connectivity index (χ4v) is 1.99. The van der Waals surface area contributed by atoms with Crippen LogP contribution in [0.3, 0.4) is 0 Å². The number of piperazine rings is 1. The maximum atomic E-state index is 12.1. The van der Waals surface area contributed by atoms with Crippen molar-refractivity contribution in [3.63, 3.8) is 0 Å². The Labute approximate surface area is 105 Å². The predicted molar refractivity (Wildman–Crippen MR) is 63.7 cm³/mol. The van der Waals surface area contributed by atoms with Crippen LogP contribution in [0.2, 0.25) is 0 Å². The number of rotatable bonds is 3.